The van der Waals surface area contributed by atoms with Gasteiger partial charge in [-0.2, -0.15) is 0 Å². The molecule has 2 aromatic rings. The van der Waals surface area contributed by atoms with Crippen LogP contribution in [0.3, 0.4) is 0 Å². The molecule has 0 bridgehead atoms. The lowest BCUT2D eigenvalue weighted by Crippen LogP contribution is -2.17. The van der Waals surface area contributed by atoms with Crippen molar-refractivity contribution in [1.29, 1.82) is 0 Å². The highest BCUT2D eigenvalue weighted by Crippen LogP contribution is 2.20. The second-order valence-electron chi connectivity index (χ2n) is 5.96. The SMILES string of the molecule is Cc1cc(NC(=O)c2cncc(NCCCN(C)C)c2)ccc1Br. The molecule has 1 aromatic carbocycles. The molecule has 0 aliphatic carbocycles. The first kappa shape index (κ1) is 18.4. The Morgan fingerprint density at radius 3 is 2.71 bits per heavy atom. The van der Waals surface area contributed by atoms with Gasteiger partial charge in [0.1, 0.15) is 0 Å². The van der Waals surface area contributed by atoms with Crippen LogP contribution < -0.4 is 10.6 Å². The van der Waals surface area contributed by atoms with Crippen molar-refractivity contribution in [2.75, 3.05) is 37.8 Å². The van der Waals surface area contributed by atoms with Crippen molar-refractivity contribution < 1.29 is 4.79 Å². The molecule has 5 nitrogen and oxygen atoms in total. The predicted molar refractivity (Wildman–Crippen MR) is 103 cm³/mol. The summed E-state index contributed by atoms with van der Waals surface area (Å²) in [6.07, 6.45) is 4.34. The van der Waals surface area contributed by atoms with E-state index in [4.69, 9.17) is 0 Å². The summed E-state index contributed by atoms with van der Waals surface area (Å²) in [5, 5.41) is 6.20. The molecular weight excluding hydrogens is 368 g/mol. The smallest absolute Gasteiger partial charge is 0.257 e. The van der Waals surface area contributed by atoms with Crippen molar-refractivity contribution in [2.45, 2.75) is 13.3 Å². The number of carbonyl (C=O) groups excluding carboxylic acids is 1. The van der Waals surface area contributed by atoms with E-state index in [0.717, 1.165) is 40.9 Å². The zero-order chi connectivity index (χ0) is 17.5. The average Bonchev–Trinajstić information content (AvgIpc) is 2.55. The first-order chi connectivity index (χ1) is 11.5. The summed E-state index contributed by atoms with van der Waals surface area (Å²) in [6.45, 7) is 3.85. The number of anilines is 2. The Labute approximate surface area is 151 Å². The average molecular weight is 391 g/mol. The molecule has 2 N–H and O–H groups in total. The summed E-state index contributed by atoms with van der Waals surface area (Å²) < 4.78 is 1.02. The Morgan fingerprint density at radius 2 is 2.00 bits per heavy atom. The number of pyridine rings is 1. The van der Waals surface area contributed by atoms with Crippen LogP contribution in [0.5, 0.6) is 0 Å². The molecule has 0 aliphatic rings. The van der Waals surface area contributed by atoms with E-state index in [-0.39, 0.29) is 5.91 Å². The van der Waals surface area contributed by atoms with Crippen LogP contribution >= 0.6 is 15.9 Å². The Bertz CT molecular complexity index is 703. The third-order valence-electron chi connectivity index (χ3n) is 3.53. The summed E-state index contributed by atoms with van der Waals surface area (Å²) in [6, 6.07) is 7.54. The van der Waals surface area contributed by atoms with E-state index in [1.54, 1.807) is 12.4 Å². The number of carbonyl (C=O) groups is 1. The van der Waals surface area contributed by atoms with Crippen LogP contribution in [0.15, 0.2) is 41.1 Å². The molecule has 24 heavy (non-hydrogen) atoms. The number of nitrogens with zero attached hydrogens (tertiary/aromatic N) is 2. The third-order valence-corrected chi connectivity index (χ3v) is 4.42. The molecule has 0 saturated heterocycles. The molecule has 1 aromatic heterocycles. The van der Waals surface area contributed by atoms with Crippen LogP contribution in [-0.4, -0.2) is 43.0 Å². The predicted octanol–water partition coefficient (Wildman–Crippen LogP) is 3.77. The summed E-state index contributed by atoms with van der Waals surface area (Å²) in [5.41, 5.74) is 3.23. The number of halogens is 1. The fourth-order valence-electron chi connectivity index (χ4n) is 2.21. The maximum atomic E-state index is 12.4. The lowest BCUT2D eigenvalue weighted by Gasteiger charge is -2.11. The van der Waals surface area contributed by atoms with Gasteiger partial charge in [-0.05, 0) is 63.8 Å². The fourth-order valence-corrected chi connectivity index (χ4v) is 2.46. The van der Waals surface area contributed by atoms with Gasteiger partial charge in [0.2, 0.25) is 0 Å². The summed E-state index contributed by atoms with van der Waals surface area (Å²) in [4.78, 5) is 18.7. The second kappa shape index (κ2) is 8.80. The Morgan fingerprint density at radius 1 is 1.21 bits per heavy atom. The van der Waals surface area contributed by atoms with Crippen molar-refractivity contribution in [3.05, 3.63) is 52.3 Å². The van der Waals surface area contributed by atoms with Crippen molar-refractivity contribution >= 4 is 33.2 Å². The van der Waals surface area contributed by atoms with Gasteiger partial charge in [-0.1, -0.05) is 15.9 Å². The van der Waals surface area contributed by atoms with Crippen molar-refractivity contribution in [2.24, 2.45) is 0 Å². The number of aromatic nitrogens is 1. The zero-order valence-electron chi connectivity index (χ0n) is 14.3. The quantitative estimate of drug-likeness (QED) is 0.706. The Kier molecular flexibility index (Phi) is 6.75. The topological polar surface area (TPSA) is 57.3 Å². The van der Waals surface area contributed by atoms with Gasteiger partial charge in [0.15, 0.2) is 0 Å². The van der Waals surface area contributed by atoms with E-state index >= 15 is 0 Å². The standard InChI is InChI=1S/C18H23BrN4O/c1-13-9-15(5-6-17(13)19)22-18(24)14-10-16(12-20-11-14)21-7-4-8-23(2)3/h5-6,9-12,21H,4,7-8H2,1-3H3,(H,22,24). The summed E-state index contributed by atoms with van der Waals surface area (Å²) in [5.74, 6) is -0.166. The third kappa shape index (κ3) is 5.62. The molecule has 0 aliphatic heterocycles. The van der Waals surface area contributed by atoms with E-state index in [0.29, 0.717) is 5.56 Å². The first-order valence-corrected chi connectivity index (χ1v) is 8.66. The van der Waals surface area contributed by atoms with Gasteiger partial charge < -0.3 is 15.5 Å². The molecule has 128 valence electrons. The lowest BCUT2D eigenvalue weighted by molar-refractivity contribution is 0.102. The van der Waals surface area contributed by atoms with Gasteiger partial charge in [-0.3, -0.25) is 9.78 Å². The number of amides is 1. The summed E-state index contributed by atoms with van der Waals surface area (Å²) in [7, 11) is 4.10. The zero-order valence-corrected chi connectivity index (χ0v) is 15.9. The van der Waals surface area contributed by atoms with Crippen molar-refractivity contribution in [3.63, 3.8) is 0 Å². The molecule has 0 radical (unpaired) electrons. The second-order valence-corrected chi connectivity index (χ2v) is 6.82. The Hall–Kier alpha value is -1.92. The van der Waals surface area contributed by atoms with Gasteiger partial charge >= 0.3 is 0 Å². The fraction of sp³-hybridized carbons (Fsp3) is 0.333. The van der Waals surface area contributed by atoms with Crippen molar-refractivity contribution in [3.8, 4) is 0 Å². The van der Waals surface area contributed by atoms with Gasteiger partial charge in [0.05, 0.1) is 11.3 Å². The van der Waals surface area contributed by atoms with E-state index < -0.39 is 0 Å². The maximum Gasteiger partial charge on any atom is 0.257 e. The van der Waals surface area contributed by atoms with Crippen LogP contribution in [0.25, 0.3) is 0 Å². The van der Waals surface area contributed by atoms with Crippen LogP contribution in [0.1, 0.15) is 22.3 Å². The number of rotatable bonds is 7. The molecule has 0 unspecified atom stereocenters. The van der Waals surface area contributed by atoms with Gasteiger partial charge in [-0.15, -0.1) is 0 Å². The minimum absolute atomic E-state index is 0.166. The van der Waals surface area contributed by atoms with E-state index in [2.05, 4.69) is 50.5 Å². The van der Waals surface area contributed by atoms with Crippen LogP contribution in [0.2, 0.25) is 0 Å². The normalized spacial score (nSPS) is 10.7. The van der Waals surface area contributed by atoms with Gasteiger partial charge in [0, 0.05) is 29.1 Å². The number of aryl methyl sites for hydroxylation is 1. The minimum atomic E-state index is -0.166. The first-order valence-electron chi connectivity index (χ1n) is 7.87. The van der Waals surface area contributed by atoms with E-state index in [1.807, 2.05) is 31.2 Å². The molecule has 0 spiro atoms. The summed E-state index contributed by atoms with van der Waals surface area (Å²) >= 11 is 3.45. The van der Waals surface area contributed by atoms with Crippen LogP contribution in [0.4, 0.5) is 11.4 Å². The molecule has 1 heterocycles. The molecule has 0 atom stereocenters. The molecule has 2 rings (SSSR count). The molecule has 0 fully saturated rings. The molecule has 0 saturated carbocycles. The molecular formula is C18H23BrN4O. The van der Waals surface area contributed by atoms with Gasteiger partial charge in [0.25, 0.3) is 5.91 Å². The number of nitrogens with one attached hydrogen (secondary N) is 2. The number of hydrogen-bond donors (Lipinski definition) is 2. The highest BCUT2D eigenvalue weighted by Gasteiger charge is 2.08. The molecule has 1 amide bonds. The van der Waals surface area contributed by atoms with Crippen LogP contribution in [-0.2, 0) is 0 Å². The van der Waals surface area contributed by atoms with E-state index in [9.17, 15) is 4.79 Å². The highest BCUT2D eigenvalue weighted by molar-refractivity contribution is 9.10. The minimum Gasteiger partial charge on any atom is -0.384 e. The van der Waals surface area contributed by atoms with Gasteiger partial charge in [-0.25, -0.2) is 0 Å². The monoisotopic (exact) mass is 390 g/mol. The van der Waals surface area contributed by atoms with E-state index in [1.165, 1.54) is 0 Å². The number of hydrogen-bond acceptors (Lipinski definition) is 4. The van der Waals surface area contributed by atoms with Crippen LogP contribution in [0, 0.1) is 6.92 Å². The van der Waals surface area contributed by atoms with Crippen molar-refractivity contribution in [1.82, 2.24) is 9.88 Å². The number of benzene rings is 1. The Balaban J connectivity index is 1.96. The highest BCUT2D eigenvalue weighted by atomic mass is 79.9. The lowest BCUT2D eigenvalue weighted by atomic mass is 10.2. The molecule has 6 heteroatoms. The maximum absolute atomic E-state index is 12.4. The largest absolute Gasteiger partial charge is 0.384 e.